The summed E-state index contributed by atoms with van der Waals surface area (Å²) < 4.78 is 18.3. The van der Waals surface area contributed by atoms with Gasteiger partial charge in [-0.1, -0.05) is 35.9 Å². The average Bonchev–Trinajstić information content (AvgIpc) is 2.58. The summed E-state index contributed by atoms with van der Waals surface area (Å²) in [7, 11) is 0. The van der Waals surface area contributed by atoms with E-state index < -0.39 is 30.8 Å². The standard InChI is InChI=1S/C19H18FNO4/c1-12-7-8-14(13(2)9-12)17(22)11-25-18(23)10-21-19(24)15-5-3-4-6-16(15)20/h3-9H,10-11H2,1-2H3,(H,21,24). The Morgan fingerprint density at radius 3 is 2.44 bits per heavy atom. The molecule has 0 radical (unpaired) electrons. The van der Waals surface area contributed by atoms with Crippen molar-refractivity contribution in [2.45, 2.75) is 13.8 Å². The predicted molar refractivity (Wildman–Crippen MR) is 89.9 cm³/mol. The molecule has 130 valence electrons. The fourth-order valence-electron chi connectivity index (χ4n) is 2.29. The highest BCUT2D eigenvalue weighted by molar-refractivity contribution is 5.99. The largest absolute Gasteiger partial charge is 0.456 e. The minimum Gasteiger partial charge on any atom is -0.456 e. The lowest BCUT2D eigenvalue weighted by Crippen LogP contribution is -2.32. The van der Waals surface area contributed by atoms with Crippen molar-refractivity contribution in [2.24, 2.45) is 0 Å². The smallest absolute Gasteiger partial charge is 0.325 e. The van der Waals surface area contributed by atoms with E-state index in [1.165, 1.54) is 18.2 Å². The van der Waals surface area contributed by atoms with E-state index in [1.54, 1.807) is 19.1 Å². The van der Waals surface area contributed by atoms with Crippen LogP contribution in [0.25, 0.3) is 0 Å². The molecule has 0 bridgehead atoms. The van der Waals surface area contributed by atoms with Crippen molar-refractivity contribution in [3.05, 3.63) is 70.5 Å². The number of amides is 1. The number of carbonyl (C=O) groups is 3. The maximum atomic E-state index is 13.5. The highest BCUT2D eigenvalue weighted by Crippen LogP contribution is 2.11. The van der Waals surface area contributed by atoms with E-state index >= 15 is 0 Å². The molecule has 0 aliphatic heterocycles. The molecule has 2 aromatic rings. The van der Waals surface area contributed by atoms with Gasteiger partial charge in [0.2, 0.25) is 5.78 Å². The summed E-state index contributed by atoms with van der Waals surface area (Å²) in [5.41, 5.74) is 2.14. The quantitative estimate of drug-likeness (QED) is 0.646. The van der Waals surface area contributed by atoms with Gasteiger partial charge in [-0.05, 0) is 31.5 Å². The highest BCUT2D eigenvalue weighted by Gasteiger charge is 2.15. The number of carbonyl (C=O) groups excluding carboxylic acids is 3. The molecule has 0 aromatic heterocycles. The lowest BCUT2D eigenvalue weighted by atomic mass is 10.0. The number of benzene rings is 2. The van der Waals surface area contributed by atoms with E-state index in [9.17, 15) is 18.8 Å². The number of hydrogen-bond donors (Lipinski definition) is 1. The number of aryl methyl sites for hydroxylation is 2. The molecular formula is C19H18FNO4. The van der Waals surface area contributed by atoms with Crippen molar-refractivity contribution in [3.8, 4) is 0 Å². The molecule has 0 unspecified atom stereocenters. The summed E-state index contributed by atoms with van der Waals surface area (Å²) in [6.45, 7) is 2.85. The van der Waals surface area contributed by atoms with E-state index in [1.807, 2.05) is 13.0 Å². The van der Waals surface area contributed by atoms with Gasteiger partial charge < -0.3 is 10.1 Å². The van der Waals surface area contributed by atoms with Crippen LogP contribution in [0.15, 0.2) is 42.5 Å². The second kappa shape index (κ2) is 8.19. The van der Waals surface area contributed by atoms with Crippen LogP contribution in [-0.2, 0) is 9.53 Å². The predicted octanol–water partition coefficient (Wildman–Crippen LogP) is 2.60. The van der Waals surface area contributed by atoms with Crippen molar-refractivity contribution >= 4 is 17.7 Å². The first kappa shape index (κ1) is 18.3. The van der Waals surface area contributed by atoms with Gasteiger partial charge in [0.05, 0.1) is 5.56 Å². The van der Waals surface area contributed by atoms with Crippen LogP contribution in [0, 0.1) is 19.7 Å². The molecule has 0 atom stereocenters. The molecule has 2 aromatic carbocycles. The van der Waals surface area contributed by atoms with E-state index in [4.69, 9.17) is 4.74 Å². The normalized spacial score (nSPS) is 10.2. The monoisotopic (exact) mass is 343 g/mol. The molecule has 0 aliphatic carbocycles. The number of esters is 1. The zero-order valence-electron chi connectivity index (χ0n) is 14.0. The lowest BCUT2D eigenvalue weighted by Gasteiger charge is -2.08. The summed E-state index contributed by atoms with van der Waals surface area (Å²) in [4.78, 5) is 35.5. The highest BCUT2D eigenvalue weighted by atomic mass is 19.1. The molecule has 0 heterocycles. The molecule has 0 saturated heterocycles. The van der Waals surface area contributed by atoms with Crippen molar-refractivity contribution in [1.82, 2.24) is 5.32 Å². The van der Waals surface area contributed by atoms with E-state index in [2.05, 4.69) is 5.32 Å². The second-order valence-electron chi connectivity index (χ2n) is 5.56. The fraction of sp³-hybridized carbons (Fsp3) is 0.211. The third-order valence-corrected chi connectivity index (χ3v) is 3.56. The Morgan fingerprint density at radius 1 is 1.04 bits per heavy atom. The molecule has 0 saturated carbocycles. The lowest BCUT2D eigenvalue weighted by molar-refractivity contribution is -0.141. The van der Waals surface area contributed by atoms with Crippen LogP contribution >= 0.6 is 0 Å². The number of halogens is 1. The zero-order chi connectivity index (χ0) is 18.4. The van der Waals surface area contributed by atoms with Gasteiger partial charge >= 0.3 is 5.97 Å². The van der Waals surface area contributed by atoms with Gasteiger partial charge in [0.1, 0.15) is 12.4 Å². The first-order valence-electron chi connectivity index (χ1n) is 7.67. The second-order valence-corrected chi connectivity index (χ2v) is 5.56. The van der Waals surface area contributed by atoms with E-state index in [0.29, 0.717) is 5.56 Å². The Labute approximate surface area is 144 Å². The van der Waals surface area contributed by atoms with Crippen LogP contribution < -0.4 is 5.32 Å². The number of ketones is 1. The first-order valence-corrected chi connectivity index (χ1v) is 7.67. The molecule has 0 aliphatic rings. The number of rotatable bonds is 6. The van der Waals surface area contributed by atoms with Crippen LogP contribution in [0.5, 0.6) is 0 Å². The van der Waals surface area contributed by atoms with Gasteiger partial charge in [-0.25, -0.2) is 4.39 Å². The van der Waals surface area contributed by atoms with Gasteiger partial charge in [0, 0.05) is 5.56 Å². The van der Waals surface area contributed by atoms with Gasteiger partial charge in [-0.3, -0.25) is 14.4 Å². The summed E-state index contributed by atoms with van der Waals surface area (Å²) >= 11 is 0. The van der Waals surface area contributed by atoms with Crippen molar-refractivity contribution in [2.75, 3.05) is 13.2 Å². The van der Waals surface area contributed by atoms with E-state index in [0.717, 1.165) is 17.2 Å². The third kappa shape index (κ3) is 4.97. The SMILES string of the molecule is Cc1ccc(C(=O)COC(=O)CNC(=O)c2ccccc2F)c(C)c1. The minimum absolute atomic E-state index is 0.165. The van der Waals surface area contributed by atoms with Crippen molar-refractivity contribution in [3.63, 3.8) is 0 Å². The molecule has 25 heavy (non-hydrogen) atoms. The number of ether oxygens (including phenoxy) is 1. The summed E-state index contributed by atoms with van der Waals surface area (Å²) in [6.07, 6.45) is 0. The molecule has 5 nitrogen and oxygen atoms in total. The molecule has 0 fully saturated rings. The van der Waals surface area contributed by atoms with Crippen LogP contribution in [0.1, 0.15) is 31.8 Å². The summed E-state index contributed by atoms with van der Waals surface area (Å²) in [5.74, 6) is -2.51. The fourth-order valence-corrected chi connectivity index (χ4v) is 2.29. The average molecular weight is 343 g/mol. The minimum atomic E-state index is -0.775. The Hall–Kier alpha value is -3.02. The zero-order valence-corrected chi connectivity index (χ0v) is 14.0. The number of Topliss-reactive ketones (excluding diaryl/α,β-unsaturated/α-hetero) is 1. The molecule has 6 heteroatoms. The summed E-state index contributed by atoms with van der Waals surface area (Å²) in [6, 6.07) is 10.8. The van der Waals surface area contributed by atoms with Gasteiger partial charge in [-0.2, -0.15) is 0 Å². The topological polar surface area (TPSA) is 72.5 Å². The molecule has 1 N–H and O–H groups in total. The Balaban J connectivity index is 1.83. The summed E-state index contributed by atoms with van der Waals surface area (Å²) in [5, 5.41) is 2.26. The molecule has 2 rings (SSSR count). The molecule has 0 spiro atoms. The van der Waals surface area contributed by atoms with Gasteiger partial charge in [0.15, 0.2) is 6.61 Å². The third-order valence-electron chi connectivity index (χ3n) is 3.56. The van der Waals surface area contributed by atoms with Crippen molar-refractivity contribution < 1.29 is 23.5 Å². The van der Waals surface area contributed by atoms with E-state index in [-0.39, 0.29) is 11.3 Å². The molecule has 1 amide bonds. The first-order chi connectivity index (χ1) is 11.9. The van der Waals surface area contributed by atoms with Gasteiger partial charge in [-0.15, -0.1) is 0 Å². The van der Waals surface area contributed by atoms with Crippen LogP contribution in [0.4, 0.5) is 4.39 Å². The van der Waals surface area contributed by atoms with Gasteiger partial charge in [0.25, 0.3) is 5.91 Å². The van der Waals surface area contributed by atoms with Crippen molar-refractivity contribution in [1.29, 1.82) is 0 Å². The Kier molecular flexibility index (Phi) is 6.00. The van der Waals surface area contributed by atoms with Crippen LogP contribution in [-0.4, -0.2) is 30.8 Å². The Bertz CT molecular complexity index is 817. The molecular weight excluding hydrogens is 325 g/mol. The van der Waals surface area contributed by atoms with Crippen LogP contribution in [0.3, 0.4) is 0 Å². The number of hydrogen-bond acceptors (Lipinski definition) is 4. The maximum Gasteiger partial charge on any atom is 0.325 e. The maximum absolute atomic E-state index is 13.5. The number of nitrogens with one attached hydrogen (secondary N) is 1. The Morgan fingerprint density at radius 2 is 1.76 bits per heavy atom. The van der Waals surface area contributed by atoms with Crippen LogP contribution in [0.2, 0.25) is 0 Å².